The summed E-state index contributed by atoms with van der Waals surface area (Å²) in [5.74, 6) is 0.710. The molecule has 0 aromatic heterocycles. The number of benzene rings is 2. The predicted octanol–water partition coefficient (Wildman–Crippen LogP) is 4.07. The fraction of sp³-hybridized carbons (Fsp3) is 0.480. The maximum Gasteiger partial charge on any atom is 0.223 e. The van der Waals surface area contributed by atoms with E-state index in [9.17, 15) is 4.79 Å². The number of fused-ring (bicyclic) bond motifs is 11. The molecule has 0 aliphatic carbocycles. The van der Waals surface area contributed by atoms with E-state index in [0.29, 0.717) is 6.61 Å². The summed E-state index contributed by atoms with van der Waals surface area (Å²) in [5.41, 5.74) is 4.22. The zero-order valence-electron chi connectivity index (χ0n) is 18.3. The number of aryl methyl sites for hydroxylation is 1. The minimum atomic E-state index is -0.191. The maximum atomic E-state index is 13.3. The van der Waals surface area contributed by atoms with Gasteiger partial charge < -0.3 is 10.1 Å². The molecule has 2 heterocycles. The highest BCUT2D eigenvalue weighted by Gasteiger charge is 2.29. The summed E-state index contributed by atoms with van der Waals surface area (Å²) >= 11 is 0. The first-order valence-corrected chi connectivity index (χ1v) is 11.2. The van der Waals surface area contributed by atoms with Crippen LogP contribution in [0.4, 0.5) is 0 Å². The lowest BCUT2D eigenvalue weighted by Gasteiger charge is -2.28. The van der Waals surface area contributed by atoms with Crippen LogP contribution in [0.25, 0.3) is 0 Å². The Morgan fingerprint density at radius 1 is 1.16 bits per heavy atom. The molecule has 2 bridgehead atoms. The lowest BCUT2D eigenvalue weighted by atomic mass is 9.83. The average molecular weight is 427 g/mol. The number of carbonyl (C=O) groups is 1. The third-order valence-corrected chi connectivity index (χ3v) is 5.93. The number of amides is 1. The van der Waals surface area contributed by atoms with E-state index < -0.39 is 0 Å². The maximum absolute atomic E-state index is 13.3. The highest BCUT2D eigenvalue weighted by molar-refractivity contribution is 5.79. The van der Waals surface area contributed by atoms with E-state index in [1.54, 1.807) is 5.64 Å². The van der Waals surface area contributed by atoms with Gasteiger partial charge in [-0.3, -0.25) is 14.8 Å². The van der Waals surface area contributed by atoms with Crippen molar-refractivity contribution in [2.45, 2.75) is 51.5 Å². The van der Waals surface area contributed by atoms with E-state index in [2.05, 4.69) is 29.6 Å². The lowest BCUT2D eigenvalue weighted by molar-refractivity contribution is -0.148. The second-order valence-corrected chi connectivity index (χ2v) is 8.40. The minimum Gasteiger partial charge on any atom is -0.494 e. The number of hydrogen-bond donors (Lipinski definition) is 3. The van der Waals surface area contributed by atoms with Crippen LogP contribution >= 0.6 is 0 Å². The van der Waals surface area contributed by atoms with E-state index >= 15 is 0 Å². The molecular weight excluding hydrogens is 392 g/mol. The van der Waals surface area contributed by atoms with Crippen molar-refractivity contribution in [1.29, 1.82) is 0 Å². The monoisotopic (exact) mass is 426 g/mol. The topological polar surface area (TPSA) is 79.8 Å². The number of ether oxygens (including phenoxy) is 1. The molecule has 1 amide bonds. The Bertz CT molecular complexity index is 782. The van der Waals surface area contributed by atoms with Crippen molar-refractivity contribution in [3.63, 3.8) is 0 Å². The van der Waals surface area contributed by atoms with E-state index in [0.717, 1.165) is 44.3 Å². The fourth-order valence-corrected chi connectivity index (χ4v) is 4.31. The summed E-state index contributed by atoms with van der Waals surface area (Å²) in [6, 6.07) is 18.5. The average Bonchev–Trinajstić information content (AvgIpc) is 2.78. The molecule has 0 saturated heterocycles. The molecule has 2 aliphatic heterocycles. The van der Waals surface area contributed by atoms with Gasteiger partial charge in [0.05, 0.1) is 13.2 Å². The van der Waals surface area contributed by atoms with Crippen LogP contribution in [0.1, 0.15) is 43.7 Å². The molecule has 6 nitrogen and oxygen atoms in total. The van der Waals surface area contributed by atoms with Crippen molar-refractivity contribution in [3.8, 4) is 5.75 Å². The van der Waals surface area contributed by atoms with Crippen LogP contribution in [0.5, 0.6) is 5.75 Å². The van der Waals surface area contributed by atoms with E-state index in [1.807, 2.05) is 37.3 Å². The third-order valence-electron chi connectivity index (χ3n) is 5.93. The molecule has 31 heavy (non-hydrogen) atoms. The Labute approximate surface area is 184 Å². The van der Waals surface area contributed by atoms with Crippen molar-refractivity contribution >= 4 is 5.91 Å². The molecule has 0 unspecified atom stereocenters. The summed E-state index contributed by atoms with van der Waals surface area (Å²) in [4.78, 5) is 18.4. The van der Waals surface area contributed by atoms with Gasteiger partial charge in [0, 0.05) is 12.0 Å². The van der Waals surface area contributed by atoms with Gasteiger partial charge in [-0.1, -0.05) is 48.1 Å². The standard InChI is InChI=1S/C25H34N2O4/c1-19-17-21-12-14-23(15-13-21)30-16-6-10-22(18-31-27-29)24(25(28)26-19)11-5-9-20-7-3-2-4-8-20/h2-4,7-8,12-15,19,22,24,27,29H,5-6,9-11,16-18H2,1H3,(H,26,28)/t19-,22-,24-/m1/s1. The molecular formula is C25H34N2O4. The molecule has 2 aromatic rings. The molecule has 168 valence electrons. The lowest BCUT2D eigenvalue weighted by Crippen LogP contribution is -2.42. The summed E-state index contributed by atoms with van der Waals surface area (Å²) in [5, 5.41) is 12.2. The second kappa shape index (κ2) is 12.4. The van der Waals surface area contributed by atoms with E-state index in [1.165, 1.54) is 11.1 Å². The molecule has 0 fully saturated rings. The Hall–Kier alpha value is -2.41. The molecule has 3 N–H and O–H groups in total. The van der Waals surface area contributed by atoms with Crippen LogP contribution < -0.4 is 15.7 Å². The number of hydrogen-bond acceptors (Lipinski definition) is 5. The van der Waals surface area contributed by atoms with Gasteiger partial charge in [-0.25, -0.2) is 0 Å². The summed E-state index contributed by atoms with van der Waals surface area (Å²) in [6.07, 6.45) is 4.96. The molecule has 0 radical (unpaired) electrons. The zero-order chi connectivity index (χ0) is 21.9. The van der Waals surface area contributed by atoms with Gasteiger partial charge >= 0.3 is 0 Å². The molecule has 3 atom stereocenters. The van der Waals surface area contributed by atoms with Crippen LogP contribution in [-0.4, -0.2) is 30.4 Å². The van der Waals surface area contributed by atoms with Crippen molar-refractivity contribution < 1.29 is 19.6 Å². The SMILES string of the molecule is C[C@@H]1Cc2ccc(cc2)OCCC[C@H](CONO)[C@@H](CCCc2ccccc2)C(=O)N1. The summed E-state index contributed by atoms with van der Waals surface area (Å²) < 4.78 is 5.88. The quantitative estimate of drug-likeness (QED) is 0.582. The highest BCUT2D eigenvalue weighted by Crippen LogP contribution is 2.26. The van der Waals surface area contributed by atoms with Crippen molar-refractivity contribution in [2.75, 3.05) is 13.2 Å². The first kappa shape index (κ1) is 23.3. The largest absolute Gasteiger partial charge is 0.494 e. The number of carbonyl (C=O) groups excluding carboxylic acids is 1. The van der Waals surface area contributed by atoms with Gasteiger partial charge in [0.25, 0.3) is 0 Å². The van der Waals surface area contributed by atoms with Gasteiger partial charge in [-0.15, -0.1) is 0 Å². The Morgan fingerprint density at radius 2 is 1.94 bits per heavy atom. The molecule has 0 spiro atoms. The molecule has 2 aliphatic rings. The van der Waals surface area contributed by atoms with Gasteiger partial charge in [0.2, 0.25) is 5.91 Å². The Balaban J connectivity index is 1.71. The minimum absolute atomic E-state index is 0.0184. The Morgan fingerprint density at radius 3 is 2.68 bits per heavy atom. The van der Waals surface area contributed by atoms with Crippen LogP contribution in [0.2, 0.25) is 0 Å². The smallest absolute Gasteiger partial charge is 0.223 e. The normalized spacial score (nSPS) is 22.4. The highest BCUT2D eigenvalue weighted by atomic mass is 16.8. The van der Waals surface area contributed by atoms with Crippen molar-refractivity contribution in [1.82, 2.24) is 11.0 Å². The van der Waals surface area contributed by atoms with E-state index in [4.69, 9.17) is 14.8 Å². The molecule has 0 saturated carbocycles. The van der Waals surface area contributed by atoms with Crippen LogP contribution in [-0.2, 0) is 22.5 Å². The van der Waals surface area contributed by atoms with E-state index in [-0.39, 0.29) is 30.4 Å². The number of nitrogens with one attached hydrogen (secondary N) is 2. The summed E-state index contributed by atoms with van der Waals surface area (Å²) in [7, 11) is 0. The number of rotatable bonds is 7. The van der Waals surface area contributed by atoms with Gasteiger partial charge in [-0.05, 0) is 74.6 Å². The van der Waals surface area contributed by atoms with Crippen molar-refractivity contribution in [2.24, 2.45) is 11.8 Å². The van der Waals surface area contributed by atoms with Crippen LogP contribution in [0, 0.1) is 11.8 Å². The Kier molecular flexibility index (Phi) is 9.34. The van der Waals surface area contributed by atoms with Gasteiger partial charge in [0.15, 0.2) is 0 Å². The molecule has 6 heteroatoms. The van der Waals surface area contributed by atoms with Crippen LogP contribution in [0.15, 0.2) is 54.6 Å². The second-order valence-electron chi connectivity index (χ2n) is 8.40. The third kappa shape index (κ3) is 7.65. The first-order valence-electron chi connectivity index (χ1n) is 11.2. The van der Waals surface area contributed by atoms with Gasteiger partial charge in [0.1, 0.15) is 5.75 Å². The van der Waals surface area contributed by atoms with Crippen LogP contribution in [0.3, 0.4) is 0 Å². The predicted molar refractivity (Wildman–Crippen MR) is 120 cm³/mol. The fourth-order valence-electron chi connectivity index (χ4n) is 4.31. The van der Waals surface area contributed by atoms with Crippen molar-refractivity contribution in [3.05, 3.63) is 65.7 Å². The van der Waals surface area contributed by atoms with Gasteiger partial charge in [-0.2, -0.15) is 0 Å². The zero-order valence-corrected chi connectivity index (χ0v) is 18.3. The molecule has 2 aromatic carbocycles. The first-order chi connectivity index (χ1) is 15.2. The molecule has 4 rings (SSSR count). The summed E-state index contributed by atoms with van der Waals surface area (Å²) in [6.45, 7) is 2.88.